The maximum atomic E-state index is 12.3. The zero-order valence-corrected chi connectivity index (χ0v) is 14.0. The van der Waals surface area contributed by atoms with Crippen molar-refractivity contribution in [1.82, 2.24) is 4.98 Å². The van der Waals surface area contributed by atoms with Gasteiger partial charge in [0.25, 0.3) is 0 Å². The Bertz CT molecular complexity index is 533. The van der Waals surface area contributed by atoms with Crippen LogP contribution in [0.1, 0.15) is 49.9 Å². The number of nitrogens with zero attached hydrogens (tertiary/aromatic N) is 2. The number of anilines is 1. The van der Waals surface area contributed by atoms with Gasteiger partial charge in [0.1, 0.15) is 11.4 Å². The number of carbonyl (C=O) groups excluding carboxylic acids is 1. The highest BCUT2D eigenvalue weighted by molar-refractivity contribution is 5.94. The first-order valence-electron chi connectivity index (χ1n) is 8.67. The third kappa shape index (κ3) is 3.83. The molecule has 1 aromatic rings. The van der Waals surface area contributed by atoms with E-state index in [2.05, 4.69) is 9.88 Å². The molecule has 0 aliphatic carbocycles. The maximum Gasteiger partial charge on any atom is 0.342 e. The van der Waals surface area contributed by atoms with E-state index in [0.29, 0.717) is 17.6 Å². The van der Waals surface area contributed by atoms with Crippen molar-refractivity contribution in [3.05, 3.63) is 23.9 Å². The Labute approximate surface area is 138 Å². The van der Waals surface area contributed by atoms with Gasteiger partial charge < -0.3 is 14.4 Å². The first-order chi connectivity index (χ1) is 11.1. The fourth-order valence-corrected chi connectivity index (χ4v) is 3.54. The van der Waals surface area contributed by atoms with Gasteiger partial charge in [-0.1, -0.05) is 0 Å². The largest absolute Gasteiger partial charge is 0.459 e. The highest BCUT2D eigenvalue weighted by Gasteiger charge is 2.31. The van der Waals surface area contributed by atoms with Gasteiger partial charge in [-0.2, -0.15) is 0 Å². The summed E-state index contributed by atoms with van der Waals surface area (Å²) in [6.45, 7) is 6.48. The van der Waals surface area contributed by atoms with E-state index in [9.17, 15) is 4.79 Å². The van der Waals surface area contributed by atoms with Crippen molar-refractivity contribution in [3.8, 4) is 0 Å². The van der Waals surface area contributed by atoms with Crippen LogP contribution in [0.4, 0.5) is 5.82 Å². The molecule has 0 N–H and O–H groups in total. The number of hydrogen-bond acceptors (Lipinski definition) is 5. The van der Waals surface area contributed by atoms with E-state index >= 15 is 0 Å². The van der Waals surface area contributed by atoms with Gasteiger partial charge >= 0.3 is 5.97 Å². The number of rotatable bonds is 4. The minimum absolute atomic E-state index is 0.124. The van der Waals surface area contributed by atoms with Crippen LogP contribution < -0.4 is 4.90 Å². The van der Waals surface area contributed by atoms with Gasteiger partial charge in [0.05, 0.1) is 12.2 Å². The Morgan fingerprint density at radius 1 is 1.35 bits per heavy atom. The summed E-state index contributed by atoms with van der Waals surface area (Å²) in [5, 5.41) is 0. The predicted molar refractivity (Wildman–Crippen MR) is 88.7 cm³/mol. The summed E-state index contributed by atoms with van der Waals surface area (Å²) in [6, 6.07) is 3.60. The van der Waals surface area contributed by atoms with Crippen molar-refractivity contribution in [1.29, 1.82) is 0 Å². The summed E-state index contributed by atoms with van der Waals surface area (Å²) < 4.78 is 11.2. The van der Waals surface area contributed by atoms with Crippen LogP contribution in [0.5, 0.6) is 0 Å². The summed E-state index contributed by atoms with van der Waals surface area (Å²) in [4.78, 5) is 18.9. The van der Waals surface area contributed by atoms with E-state index in [-0.39, 0.29) is 12.1 Å². The van der Waals surface area contributed by atoms with Crippen LogP contribution in [0, 0.1) is 5.92 Å². The quantitative estimate of drug-likeness (QED) is 0.799. The smallest absolute Gasteiger partial charge is 0.342 e. The maximum absolute atomic E-state index is 12.3. The van der Waals surface area contributed by atoms with E-state index in [0.717, 1.165) is 38.4 Å². The number of pyridine rings is 1. The molecule has 23 heavy (non-hydrogen) atoms. The van der Waals surface area contributed by atoms with Crippen LogP contribution in [0.3, 0.4) is 0 Å². The third-order valence-corrected chi connectivity index (χ3v) is 4.68. The topological polar surface area (TPSA) is 51.7 Å². The van der Waals surface area contributed by atoms with Gasteiger partial charge in [-0.15, -0.1) is 0 Å². The zero-order valence-electron chi connectivity index (χ0n) is 14.0. The van der Waals surface area contributed by atoms with E-state index in [1.54, 1.807) is 18.3 Å². The van der Waals surface area contributed by atoms with Crippen molar-refractivity contribution in [2.45, 2.75) is 51.7 Å². The second-order valence-electron chi connectivity index (χ2n) is 6.70. The average molecular weight is 318 g/mol. The Morgan fingerprint density at radius 3 is 2.78 bits per heavy atom. The molecule has 126 valence electrons. The van der Waals surface area contributed by atoms with Crippen LogP contribution in [-0.2, 0) is 9.47 Å². The van der Waals surface area contributed by atoms with Gasteiger partial charge in [0.15, 0.2) is 0 Å². The number of aromatic nitrogens is 1. The van der Waals surface area contributed by atoms with Gasteiger partial charge in [-0.05, 0) is 57.6 Å². The molecule has 5 heteroatoms. The monoisotopic (exact) mass is 318 g/mol. The molecule has 0 amide bonds. The number of carbonyl (C=O) groups is 1. The molecule has 2 aliphatic rings. The minimum atomic E-state index is -0.288. The van der Waals surface area contributed by atoms with Crippen LogP contribution in [0.2, 0.25) is 0 Å². The van der Waals surface area contributed by atoms with Crippen LogP contribution in [-0.4, -0.2) is 42.9 Å². The minimum Gasteiger partial charge on any atom is -0.459 e. The second kappa shape index (κ2) is 7.30. The summed E-state index contributed by atoms with van der Waals surface area (Å²) in [5.74, 6) is 1.11. The highest BCUT2D eigenvalue weighted by Crippen LogP contribution is 2.31. The summed E-state index contributed by atoms with van der Waals surface area (Å²) in [5.41, 5.74) is 0.566. The Kier molecular flexibility index (Phi) is 5.16. The van der Waals surface area contributed by atoms with Crippen LogP contribution >= 0.6 is 0 Å². The summed E-state index contributed by atoms with van der Waals surface area (Å²) in [6.07, 6.45) is 6.64. The molecule has 5 nitrogen and oxygen atoms in total. The van der Waals surface area contributed by atoms with Crippen LogP contribution in [0.15, 0.2) is 18.3 Å². The van der Waals surface area contributed by atoms with Crippen molar-refractivity contribution in [2.75, 3.05) is 24.6 Å². The van der Waals surface area contributed by atoms with E-state index in [1.165, 1.54) is 12.8 Å². The molecule has 2 fully saturated rings. The fourth-order valence-electron chi connectivity index (χ4n) is 3.54. The van der Waals surface area contributed by atoms with Gasteiger partial charge in [0, 0.05) is 25.9 Å². The normalized spacial score (nSPS) is 22.6. The number of hydrogen-bond donors (Lipinski definition) is 0. The molecule has 3 rings (SSSR count). The molecular formula is C18H26N2O3. The zero-order chi connectivity index (χ0) is 16.2. The molecule has 2 aliphatic heterocycles. The predicted octanol–water partition coefficient (Wildman–Crippen LogP) is 3.04. The number of piperidine rings is 1. The van der Waals surface area contributed by atoms with Crippen LogP contribution in [0.25, 0.3) is 0 Å². The lowest BCUT2D eigenvalue weighted by Crippen LogP contribution is -2.39. The molecule has 0 aromatic carbocycles. The van der Waals surface area contributed by atoms with Gasteiger partial charge in [-0.3, -0.25) is 0 Å². The number of ether oxygens (including phenoxy) is 2. The molecule has 2 saturated heterocycles. The summed E-state index contributed by atoms with van der Waals surface area (Å²) >= 11 is 0. The molecule has 1 atom stereocenters. The first kappa shape index (κ1) is 16.2. The molecule has 0 saturated carbocycles. The standard InChI is InChI=1S/C18H26N2O3/c1-13(2)23-18(21)15-5-3-9-19-17(15)20-10-7-14(8-11-20)16-6-4-12-22-16/h3,5,9,13-14,16H,4,6-8,10-12H2,1-2H3. The lowest BCUT2D eigenvalue weighted by molar-refractivity contribution is 0.0377. The van der Waals surface area contributed by atoms with Gasteiger partial charge in [0.2, 0.25) is 0 Å². The van der Waals surface area contributed by atoms with Crippen molar-refractivity contribution in [3.63, 3.8) is 0 Å². The third-order valence-electron chi connectivity index (χ3n) is 4.68. The average Bonchev–Trinajstić information content (AvgIpc) is 3.09. The van der Waals surface area contributed by atoms with Gasteiger partial charge in [-0.25, -0.2) is 9.78 Å². The molecule has 3 heterocycles. The summed E-state index contributed by atoms with van der Waals surface area (Å²) in [7, 11) is 0. The van der Waals surface area contributed by atoms with Crippen molar-refractivity contribution >= 4 is 11.8 Å². The Hall–Kier alpha value is -1.62. The molecule has 1 unspecified atom stereocenters. The first-order valence-corrected chi connectivity index (χ1v) is 8.67. The second-order valence-corrected chi connectivity index (χ2v) is 6.70. The van der Waals surface area contributed by atoms with E-state index in [1.807, 2.05) is 13.8 Å². The molecule has 0 radical (unpaired) electrons. The fraction of sp³-hybridized carbons (Fsp3) is 0.667. The van der Waals surface area contributed by atoms with E-state index in [4.69, 9.17) is 9.47 Å². The molecule has 0 spiro atoms. The van der Waals surface area contributed by atoms with E-state index < -0.39 is 0 Å². The van der Waals surface area contributed by atoms with Crippen molar-refractivity contribution in [2.24, 2.45) is 5.92 Å². The SMILES string of the molecule is CC(C)OC(=O)c1cccnc1N1CCC(C2CCCO2)CC1. The lowest BCUT2D eigenvalue weighted by atomic mass is 9.89. The molecule has 0 bridgehead atoms. The lowest BCUT2D eigenvalue weighted by Gasteiger charge is -2.35. The van der Waals surface area contributed by atoms with Crippen molar-refractivity contribution < 1.29 is 14.3 Å². The molecular weight excluding hydrogens is 292 g/mol. The Morgan fingerprint density at radius 2 is 2.13 bits per heavy atom. The highest BCUT2D eigenvalue weighted by atomic mass is 16.5. The number of esters is 1. The molecule has 1 aromatic heterocycles. The Balaban J connectivity index is 1.67.